The second-order valence-corrected chi connectivity index (χ2v) is 5.18. The second kappa shape index (κ2) is 5.09. The zero-order valence-electron chi connectivity index (χ0n) is 10.1. The summed E-state index contributed by atoms with van der Waals surface area (Å²) in [7, 11) is 0. The van der Waals surface area contributed by atoms with Gasteiger partial charge in [-0.1, -0.05) is 20.8 Å². The number of aliphatic carboxylic acids is 1. The first-order valence-electron chi connectivity index (χ1n) is 5.47. The van der Waals surface area contributed by atoms with Crippen molar-refractivity contribution in [2.45, 2.75) is 46.6 Å². The summed E-state index contributed by atoms with van der Waals surface area (Å²) in [6.07, 6.45) is 3.32. The number of carboxylic acids is 1. The molecule has 0 saturated carbocycles. The van der Waals surface area contributed by atoms with Gasteiger partial charge >= 0.3 is 5.97 Å². The number of carbonyl (C=O) groups is 1. The van der Waals surface area contributed by atoms with E-state index in [4.69, 9.17) is 5.11 Å². The molecule has 1 rings (SSSR count). The van der Waals surface area contributed by atoms with Crippen LogP contribution in [0.3, 0.4) is 0 Å². The maximum Gasteiger partial charge on any atom is 0.303 e. The van der Waals surface area contributed by atoms with Gasteiger partial charge in [0.25, 0.3) is 0 Å². The summed E-state index contributed by atoms with van der Waals surface area (Å²) >= 11 is 0. The molecular formula is C11H19N3O2. The first kappa shape index (κ1) is 12.7. The first-order valence-corrected chi connectivity index (χ1v) is 5.47. The molecule has 90 valence electrons. The van der Waals surface area contributed by atoms with Gasteiger partial charge in [-0.25, -0.2) is 0 Å². The molecule has 0 aliphatic carbocycles. The molecule has 0 amide bonds. The van der Waals surface area contributed by atoms with Crippen LogP contribution in [-0.4, -0.2) is 25.8 Å². The molecule has 0 unspecified atom stereocenters. The number of hydrogen-bond donors (Lipinski definition) is 1. The monoisotopic (exact) mass is 225 g/mol. The van der Waals surface area contributed by atoms with Crippen LogP contribution in [0, 0.1) is 5.41 Å². The van der Waals surface area contributed by atoms with E-state index in [9.17, 15) is 4.79 Å². The Labute approximate surface area is 95.5 Å². The van der Waals surface area contributed by atoms with Gasteiger partial charge in [0.2, 0.25) is 0 Å². The number of nitrogens with zero attached hydrogens (tertiary/aromatic N) is 3. The summed E-state index contributed by atoms with van der Waals surface area (Å²) in [6.45, 7) is 7.10. The molecule has 0 spiro atoms. The SMILES string of the molecule is CC(C)(C)Cc1nncn1CCCC(=O)O. The van der Waals surface area contributed by atoms with E-state index in [0.717, 1.165) is 12.2 Å². The Morgan fingerprint density at radius 1 is 1.50 bits per heavy atom. The maximum atomic E-state index is 10.4. The lowest BCUT2D eigenvalue weighted by Crippen LogP contribution is -2.14. The van der Waals surface area contributed by atoms with Crippen molar-refractivity contribution in [2.75, 3.05) is 0 Å². The zero-order valence-corrected chi connectivity index (χ0v) is 10.1. The van der Waals surface area contributed by atoms with Crippen LogP contribution in [0.15, 0.2) is 6.33 Å². The van der Waals surface area contributed by atoms with E-state index in [1.807, 2.05) is 4.57 Å². The van der Waals surface area contributed by atoms with E-state index < -0.39 is 5.97 Å². The molecule has 0 atom stereocenters. The minimum Gasteiger partial charge on any atom is -0.481 e. The van der Waals surface area contributed by atoms with Crippen LogP contribution in [0.4, 0.5) is 0 Å². The van der Waals surface area contributed by atoms with Crippen LogP contribution in [0.2, 0.25) is 0 Å². The molecule has 0 aliphatic rings. The molecule has 0 fully saturated rings. The third-order valence-corrected chi connectivity index (χ3v) is 2.17. The van der Waals surface area contributed by atoms with E-state index >= 15 is 0 Å². The molecule has 1 heterocycles. The smallest absolute Gasteiger partial charge is 0.303 e. The summed E-state index contributed by atoms with van der Waals surface area (Å²) in [5.74, 6) is 0.170. The van der Waals surface area contributed by atoms with Crippen LogP contribution in [0.5, 0.6) is 0 Å². The highest BCUT2D eigenvalue weighted by Crippen LogP contribution is 2.19. The Morgan fingerprint density at radius 2 is 2.19 bits per heavy atom. The largest absolute Gasteiger partial charge is 0.481 e. The zero-order chi connectivity index (χ0) is 12.2. The Balaban J connectivity index is 2.54. The molecule has 0 bridgehead atoms. The van der Waals surface area contributed by atoms with Gasteiger partial charge in [0, 0.05) is 19.4 Å². The Kier molecular flexibility index (Phi) is 4.04. The van der Waals surface area contributed by atoms with Crippen molar-refractivity contribution < 1.29 is 9.90 Å². The van der Waals surface area contributed by atoms with Gasteiger partial charge < -0.3 is 9.67 Å². The van der Waals surface area contributed by atoms with Crippen molar-refractivity contribution in [3.8, 4) is 0 Å². The number of carboxylic acid groups (broad SMARTS) is 1. The first-order chi connectivity index (χ1) is 7.38. The van der Waals surface area contributed by atoms with E-state index in [1.54, 1.807) is 6.33 Å². The van der Waals surface area contributed by atoms with Crippen LogP contribution in [0.1, 0.15) is 39.4 Å². The van der Waals surface area contributed by atoms with E-state index in [1.165, 1.54) is 0 Å². The molecule has 1 aromatic rings. The highest BCUT2D eigenvalue weighted by Gasteiger charge is 2.15. The van der Waals surface area contributed by atoms with Gasteiger partial charge in [-0.05, 0) is 11.8 Å². The number of aryl methyl sites for hydroxylation is 1. The average molecular weight is 225 g/mol. The predicted octanol–water partition coefficient (Wildman–Crippen LogP) is 1.73. The summed E-state index contributed by atoms with van der Waals surface area (Å²) in [5.41, 5.74) is 0.164. The van der Waals surface area contributed by atoms with Crippen molar-refractivity contribution in [1.29, 1.82) is 0 Å². The summed E-state index contributed by atoms with van der Waals surface area (Å²) < 4.78 is 1.94. The lowest BCUT2D eigenvalue weighted by atomic mass is 9.92. The van der Waals surface area contributed by atoms with Crippen molar-refractivity contribution >= 4 is 5.97 Å². The molecule has 0 aliphatic heterocycles. The fourth-order valence-electron chi connectivity index (χ4n) is 1.48. The number of aromatic nitrogens is 3. The fraction of sp³-hybridized carbons (Fsp3) is 0.727. The third kappa shape index (κ3) is 4.42. The maximum absolute atomic E-state index is 10.4. The lowest BCUT2D eigenvalue weighted by molar-refractivity contribution is -0.137. The van der Waals surface area contributed by atoms with E-state index in [-0.39, 0.29) is 11.8 Å². The molecule has 0 aromatic carbocycles. The predicted molar refractivity (Wildman–Crippen MR) is 60.1 cm³/mol. The highest BCUT2D eigenvalue weighted by molar-refractivity contribution is 5.66. The van der Waals surface area contributed by atoms with E-state index in [0.29, 0.717) is 13.0 Å². The Morgan fingerprint density at radius 3 is 2.75 bits per heavy atom. The Hall–Kier alpha value is -1.39. The van der Waals surface area contributed by atoms with Crippen LogP contribution in [-0.2, 0) is 17.8 Å². The van der Waals surface area contributed by atoms with Crippen molar-refractivity contribution in [3.63, 3.8) is 0 Å². The highest BCUT2D eigenvalue weighted by atomic mass is 16.4. The molecule has 16 heavy (non-hydrogen) atoms. The van der Waals surface area contributed by atoms with Gasteiger partial charge in [0.1, 0.15) is 12.2 Å². The molecule has 0 saturated heterocycles. The topological polar surface area (TPSA) is 68.0 Å². The second-order valence-electron chi connectivity index (χ2n) is 5.18. The van der Waals surface area contributed by atoms with Crippen LogP contribution < -0.4 is 0 Å². The summed E-state index contributed by atoms with van der Waals surface area (Å²) in [4.78, 5) is 10.4. The van der Waals surface area contributed by atoms with Gasteiger partial charge in [-0.15, -0.1) is 10.2 Å². The lowest BCUT2D eigenvalue weighted by Gasteiger charge is -2.17. The van der Waals surface area contributed by atoms with E-state index in [2.05, 4.69) is 31.0 Å². The minimum atomic E-state index is -0.759. The normalized spacial score (nSPS) is 11.7. The molecule has 1 N–H and O–H groups in total. The quantitative estimate of drug-likeness (QED) is 0.828. The van der Waals surface area contributed by atoms with Crippen molar-refractivity contribution in [3.05, 3.63) is 12.2 Å². The van der Waals surface area contributed by atoms with Crippen molar-refractivity contribution in [2.24, 2.45) is 5.41 Å². The summed E-state index contributed by atoms with van der Waals surface area (Å²) in [5, 5.41) is 16.5. The standard InChI is InChI=1S/C11H19N3O2/c1-11(2,3)7-9-13-12-8-14(9)6-4-5-10(15)16/h8H,4-7H2,1-3H3,(H,15,16). The summed E-state index contributed by atoms with van der Waals surface area (Å²) in [6, 6.07) is 0. The van der Waals surface area contributed by atoms with Crippen LogP contribution in [0.25, 0.3) is 0 Å². The van der Waals surface area contributed by atoms with Gasteiger partial charge in [-0.3, -0.25) is 4.79 Å². The number of hydrogen-bond acceptors (Lipinski definition) is 3. The molecule has 0 radical (unpaired) electrons. The number of rotatable bonds is 5. The molecule has 5 heteroatoms. The molecular weight excluding hydrogens is 206 g/mol. The van der Waals surface area contributed by atoms with Crippen LogP contribution >= 0.6 is 0 Å². The van der Waals surface area contributed by atoms with Crippen molar-refractivity contribution in [1.82, 2.24) is 14.8 Å². The third-order valence-electron chi connectivity index (χ3n) is 2.17. The average Bonchev–Trinajstić information content (AvgIpc) is 2.49. The Bertz CT molecular complexity index is 352. The molecule has 1 aromatic heterocycles. The minimum absolute atomic E-state index is 0.164. The fourth-order valence-corrected chi connectivity index (χ4v) is 1.48. The molecule has 5 nitrogen and oxygen atoms in total. The van der Waals surface area contributed by atoms with Gasteiger partial charge in [0.15, 0.2) is 0 Å². The van der Waals surface area contributed by atoms with Gasteiger partial charge in [0.05, 0.1) is 0 Å². The van der Waals surface area contributed by atoms with Gasteiger partial charge in [-0.2, -0.15) is 0 Å².